The van der Waals surface area contributed by atoms with Gasteiger partial charge in [0, 0.05) is 24.4 Å². The average molecular weight is 641 g/mol. The van der Waals surface area contributed by atoms with Crippen molar-refractivity contribution in [2.45, 2.75) is 65.2 Å². The van der Waals surface area contributed by atoms with Crippen LogP contribution in [0.1, 0.15) is 66.6 Å². The summed E-state index contributed by atoms with van der Waals surface area (Å²) in [5.41, 5.74) is 2.63. The lowest BCUT2D eigenvalue weighted by Gasteiger charge is -2.26. The Bertz CT molecular complexity index is 1770. The van der Waals surface area contributed by atoms with Crippen molar-refractivity contribution in [3.8, 4) is 11.1 Å². The third kappa shape index (κ3) is 7.85. The number of likely N-dealkylation sites (N-methyl/N-ethyl adjacent to an activating group) is 1. The number of halogens is 3. The van der Waals surface area contributed by atoms with E-state index in [4.69, 9.17) is 4.42 Å². The molecule has 46 heavy (non-hydrogen) atoms. The Labute approximate surface area is 265 Å². The quantitative estimate of drug-likeness (QED) is 0.186. The first-order valence-corrected chi connectivity index (χ1v) is 15.0. The van der Waals surface area contributed by atoms with E-state index in [1.807, 2.05) is 45.9 Å². The van der Waals surface area contributed by atoms with Crippen LogP contribution in [0.3, 0.4) is 0 Å². The fourth-order valence-corrected chi connectivity index (χ4v) is 5.79. The summed E-state index contributed by atoms with van der Waals surface area (Å²) in [6, 6.07) is 7.64. The van der Waals surface area contributed by atoms with Gasteiger partial charge < -0.3 is 24.3 Å². The molecule has 0 bridgehead atoms. The van der Waals surface area contributed by atoms with Gasteiger partial charge in [0.1, 0.15) is 11.6 Å². The molecule has 2 aromatic carbocycles. The third-order valence-electron chi connectivity index (χ3n) is 7.94. The number of nitrogens with zero attached hydrogens (tertiary/aromatic N) is 3. The molecule has 0 spiro atoms. The van der Waals surface area contributed by atoms with Crippen LogP contribution in [0.2, 0.25) is 0 Å². The SMILES string of the molecule is Cc1cccc(C)c1-c1cc([C@H](CC(=O)O)NC(=O)[C@H](CC(C)C)n2cc(CCN(C)C)c(C(F)(F)F)cc2=O)c2ncoc2c1. The number of alkyl halides is 3. The summed E-state index contributed by atoms with van der Waals surface area (Å²) < 4.78 is 48.5. The van der Waals surface area contributed by atoms with E-state index in [1.165, 1.54) is 6.39 Å². The number of aryl methyl sites for hydroxylation is 2. The van der Waals surface area contributed by atoms with Gasteiger partial charge >= 0.3 is 12.1 Å². The number of carbonyl (C=O) groups is 2. The van der Waals surface area contributed by atoms with Crippen LogP contribution in [0.4, 0.5) is 13.2 Å². The molecule has 246 valence electrons. The molecule has 0 aliphatic carbocycles. The monoisotopic (exact) mass is 640 g/mol. The molecule has 2 N–H and O–H groups in total. The van der Waals surface area contributed by atoms with Crippen LogP contribution in [0.15, 0.2) is 58.2 Å². The van der Waals surface area contributed by atoms with E-state index in [9.17, 15) is 32.7 Å². The second kappa shape index (κ2) is 13.9. The Balaban J connectivity index is 1.82. The Morgan fingerprint density at radius 1 is 1.11 bits per heavy atom. The summed E-state index contributed by atoms with van der Waals surface area (Å²) in [4.78, 5) is 45.4. The number of carbonyl (C=O) groups excluding carboxylic acids is 1. The van der Waals surface area contributed by atoms with Crippen molar-refractivity contribution in [2.75, 3.05) is 20.6 Å². The maximum absolute atomic E-state index is 14.1. The van der Waals surface area contributed by atoms with Crippen LogP contribution in [0, 0.1) is 19.8 Å². The highest BCUT2D eigenvalue weighted by atomic mass is 19.4. The first-order valence-electron chi connectivity index (χ1n) is 15.0. The number of amides is 1. The smallest absolute Gasteiger partial charge is 0.416 e. The molecule has 0 fully saturated rings. The zero-order valence-corrected chi connectivity index (χ0v) is 26.7. The number of aliphatic carboxylic acids is 1. The highest BCUT2D eigenvalue weighted by Gasteiger charge is 2.36. The van der Waals surface area contributed by atoms with Crippen molar-refractivity contribution >= 4 is 23.0 Å². The molecule has 12 heteroatoms. The van der Waals surface area contributed by atoms with Crippen molar-refractivity contribution in [3.63, 3.8) is 0 Å². The molecule has 0 radical (unpaired) electrons. The van der Waals surface area contributed by atoms with E-state index in [2.05, 4.69) is 10.3 Å². The van der Waals surface area contributed by atoms with Crippen LogP contribution >= 0.6 is 0 Å². The maximum atomic E-state index is 14.1. The summed E-state index contributed by atoms with van der Waals surface area (Å²) >= 11 is 0. The fraction of sp³-hybridized carbons (Fsp3) is 0.412. The molecule has 2 aromatic heterocycles. The maximum Gasteiger partial charge on any atom is 0.416 e. The van der Waals surface area contributed by atoms with Gasteiger partial charge in [0.05, 0.1) is 18.0 Å². The van der Waals surface area contributed by atoms with E-state index in [0.717, 1.165) is 33.0 Å². The van der Waals surface area contributed by atoms with E-state index >= 15 is 0 Å². The molecule has 0 aliphatic rings. The van der Waals surface area contributed by atoms with Crippen LogP contribution < -0.4 is 10.9 Å². The van der Waals surface area contributed by atoms with Gasteiger partial charge in [0.25, 0.3) is 5.56 Å². The van der Waals surface area contributed by atoms with E-state index in [0.29, 0.717) is 22.7 Å². The number of hydrogen-bond acceptors (Lipinski definition) is 6. The number of carboxylic acids is 1. The summed E-state index contributed by atoms with van der Waals surface area (Å²) in [5.74, 6) is -2.03. The van der Waals surface area contributed by atoms with Gasteiger partial charge in [-0.1, -0.05) is 32.0 Å². The van der Waals surface area contributed by atoms with Crippen LogP contribution in [0.5, 0.6) is 0 Å². The summed E-state index contributed by atoms with van der Waals surface area (Å²) in [7, 11) is 3.45. The Hall–Kier alpha value is -4.45. The Morgan fingerprint density at radius 2 is 1.78 bits per heavy atom. The molecule has 9 nitrogen and oxygen atoms in total. The van der Waals surface area contributed by atoms with Crippen molar-refractivity contribution < 1.29 is 32.3 Å². The molecular formula is C34H39F3N4O5. The molecular weight excluding hydrogens is 601 g/mol. The summed E-state index contributed by atoms with van der Waals surface area (Å²) in [6.45, 7) is 7.84. The summed E-state index contributed by atoms with van der Waals surface area (Å²) in [6.07, 6.45) is -2.81. The van der Waals surface area contributed by atoms with Crippen LogP contribution in [-0.2, 0) is 22.2 Å². The van der Waals surface area contributed by atoms with Crippen LogP contribution in [-0.4, -0.2) is 52.1 Å². The molecule has 0 unspecified atom stereocenters. The Morgan fingerprint density at radius 3 is 2.37 bits per heavy atom. The molecule has 0 saturated carbocycles. The standard InChI is InChI=1S/C34H39F3N4O5/c1-19(2)12-27(41-17-22(10-11-40(5)6)25(15-29(41)42)34(35,36)37)33(45)39-26(16-30(43)44)24-13-23(14-28-32(24)38-18-46-28)31-20(3)8-7-9-21(31)4/h7-9,13-15,17-19,26-27H,10-12,16H2,1-6H3,(H,39,45)(H,43,44)/t26-,27-/m0/s1. The summed E-state index contributed by atoms with van der Waals surface area (Å²) in [5, 5.41) is 12.7. The van der Waals surface area contributed by atoms with Gasteiger partial charge in [-0.05, 0) is 86.7 Å². The van der Waals surface area contributed by atoms with Gasteiger partial charge in [0.15, 0.2) is 12.0 Å². The van der Waals surface area contributed by atoms with Crippen LogP contribution in [0.25, 0.3) is 22.2 Å². The highest BCUT2D eigenvalue weighted by molar-refractivity contribution is 5.88. The number of oxazole rings is 1. The second-order valence-electron chi connectivity index (χ2n) is 12.3. The number of pyridine rings is 1. The zero-order chi connectivity index (χ0) is 33.9. The topological polar surface area (TPSA) is 118 Å². The minimum Gasteiger partial charge on any atom is -0.481 e. The minimum atomic E-state index is -4.76. The molecule has 2 atom stereocenters. The molecule has 2 heterocycles. The lowest BCUT2D eigenvalue weighted by molar-refractivity contribution is -0.139. The van der Waals surface area contributed by atoms with E-state index in [1.54, 1.807) is 31.1 Å². The van der Waals surface area contributed by atoms with E-state index in [-0.39, 0.29) is 30.9 Å². The number of rotatable bonds is 12. The average Bonchev–Trinajstić information content (AvgIpc) is 3.42. The van der Waals surface area contributed by atoms with Gasteiger partial charge in [-0.2, -0.15) is 13.2 Å². The third-order valence-corrected chi connectivity index (χ3v) is 7.94. The Kier molecular flexibility index (Phi) is 10.4. The van der Waals surface area contributed by atoms with Gasteiger partial charge in [0.2, 0.25) is 5.91 Å². The van der Waals surface area contributed by atoms with Gasteiger partial charge in [-0.25, -0.2) is 4.98 Å². The molecule has 4 aromatic rings. The number of aromatic nitrogens is 2. The highest BCUT2D eigenvalue weighted by Crippen LogP contribution is 2.36. The lowest BCUT2D eigenvalue weighted by Crippen LogP contribution is -2.40. The predicted molar refractivity (Wildman–Crippen MR) is 169 cm³/mol. The van der Waals surface area contributed by atoms with Crippen molar-refractivity contribution in [1.82, 2.24) is 19.8 Å². The first-order chi connectivity index (χ1) is 21.6. The van der Waals surface area contributed by atoms with Crippen molar-refractivity contribution in [2.24, 2.45) is 5.92 Å². The zero-order valence-electron chi connectivity index (χ0n) is 26.7. The van der Waals surface area contributed by atoms with Crippen molar-refractivity contribution in [1.29, 1.82) is 0 Å². The predicted octanol–water partition coefficient (Wildman–Crippen LogP) is 6.32. The molecule has 4 rings (SSSR count). The number of hydrogen-bond donors (Lipinski definition) is 2. The molecule has 0 aliphatic heterocycles. The van der Waals surface area contributed by atoms with Crippen molar-refractivity contribution in [3.05, 3.63) is 87.2 Å². The van der Waals surface area contributed by atoms with Gasteiger partial charge in [-0.15, -0.1) is 0 Å². The van der Waals surface area contributed by atoms with Gasteiger partial charge in [-0.3, -0.25) is 14.4 Å². The largest absolute Gasteiger partial charge is 0.481 e. The fourth-order valence-electron chi connectivity index (χ4n) is 5.79. The number of benzene rings is 2. The molecule has 1 amide bonds. The normalized spacial score (nSPS) is 13.4. The minimum absolute atomic E-state index is 0.00493. The second-order valence-corrected chi connectivity index (χ2v) is 12.3. The number of carboxylic acid groups (broad SMARTS) is 1. The molecule has 0 saturated heterocycles. The number of nitrogens with one attached hydrogen (secondary N) is 1. The first kappa shape index (κ1) is 34.4. The van der Waals surface area contributed by atoms with E-state index < -0.39 is 47.7 Å². The number of fused-ring (bicyclic) bond motifs is 1. The lowest BCUT2D eigenvalue weighted by atomic mass is 9.91.